The second-order valence-electron chi connectivity index (χ2n) is 6.30. The maximum atomic E-state index is 13.1. The molecule has 0 amide bonds. The Balaban J connectivity index is 1.91. The van der Waals surface area contributed by atoms with E-state index in [1.54, 1.807) is 0 Å². The fraction of sp³-hybridized carbons (Fsp3) is 0.375. The number of nitrogens with zero attached hydrogens (tertiary/aromatic N) is 2. The van der Waals surface area contributed by atoms with Gasteiger partial charge in [-0.3, -0.25) is 9.48 Å². The molecule has 0 bridgehead atoms. The van der Waals surface area contributed by atoms with E-state index in [4.69, 9.17) is 5.11 Å². The Hall–Kier alpha value is -1.92. The molecule has 0 fully saturated rings. The molecule has 2 aromatic rings. The maximum Gasteiger partial charge on any atom is 0.417 e. The third-order valence-electron chi connectivity index (χ3n) is 4.40. The Kier molecular flexibility index (Phi) is 5.56. The monoisotopic (exact) mass is 481 g/mol. The van der Waals surface area contributed by atoms with Crippen molar-refractivity contribution in [3.8, 4) is 0 Å². The summed E-state index contributed by atoms with van der Waals surface area (Å²) in [5, 5.41) is 12.9. The first-order valence-corrected chi connectivity index (χ1v) is 10.4. The zero-order valence-corrected chi connectivity index (χ0v) is 16.6. The SMILES string of the molecule is O=C(O)Cn1ncc2c1CCCC2NS(=O)(=O)c1ccc(Br)c(C(F)(F)F)c1. The van der Waals surface area contributed by atoms with Gasteiger partial charge in [0.15, 0.2) is 0 Å². The molecule has 12 heteroatoms. The summed E-state index contributed by atoms with van der Waals surface area (Å²) < 4.78 is 68.0. The van der Waals surface area contributed by atoms with E-state index in [9.17, 15) is 26.4 Å². The van der Waals surface area contributed by atoms with Gasteiger partial charge in [0.05, 0.1) is 22.7 Å². The number of aliphatic carboxylic acids is 1. The van der Waals surface area contributed by atoms with E-state index in [0.717, 1.165) is 12.1 Å². The molecule has 0 radical (unpaired) electrons. The van der Waals surface area contributed by atoms with E-state index in [2.05, 4.69) is 25.8 Å². The summed E-state index contributed by atoms with van der Waals surface area (Å²) >= 11 is 2.78. The molecule has 28 heavy (non-hydrogen) atoms. The summed E-state index contributed by atoms with van der Waals surface area (Å²) in [5.74, 6) is -1.08. The van der Waals surface area contributed by atoms with Gasteiger partial charge in [-0.25, -0.2) is 13.1 Å². The van der Waals surface area contributed by atoms with Crippen LogP contribution in [0.5, 0.6) is 0 Å². The number of sulfonamides is 1. The second kappa shape index (κ2) is 7.48. The Morgan fingerprint density at radius 1 is 1.39 bits per heavy atom. The van der Waals surface area contributed by atoms with Crippen LogP contribution >= 0.6 is 15.9 Å². The van der Waals surface area contributed by atoms with E-state index in [1.165, 1.54) is 10.9 Å². The minimum atomic E-state index is -4.71. The average Bonchev–Trinajstić information content (AvgIpc) is 2.97. The van der Waals surface area contributed by atoms with Gasteiger partial charge >= 0.3 is 12.1 Å². The first-order valence-electron chi connectivity index (χ1n) is 8.14. The van der Waals surface area contributed by atoms with Crippen molar-refractivity contribution in [2.45, 2.75) is 42.9 Å². The topological polar surface area (TPSA) is 101 Å². The van der Waals surface area contributed by atoms with Crippen molar-refractivity contribution in [1.82, 2.24) is 14.5 Å². The maximum absolute atomic E-state index is 13.1. The van der Waals surface area contributed by atoms with Crippen LogP contribution in [0.2, 0.25) is 0 Å². The third-order valence-corrected chi connectivity index (χ3v) is 6.56. The quantitative estimate of drug-likeness (QED) is 0.683. The number of carboxylic acids is 1. The molecule has 3 rings (SSSR count). The van der Waals surface area contributed by atoms with E-state index in [0.29, 0.717) is 36.6 Å². The van der Waals surface area contributed by atoms with Crippen molar-refractivity contribution in [3.63, 3.8) is 0 Å². The highest BCUT2D eigenvalue weighted by atomic mass is 79.9. The highest BCUT2D eigenvalue weighted by Crippen LogP contribution is 2.37. The van der Waals surface area contributed by atoms with Crippen LogP contribution in [0.3, 0.4) is 0 Å². The molecule has 1 heterocycles. The van der Waals surface area contributed by atoms with E-state index < -0.39 is 38.7 Å². The van der Waals surface area contributed by atoms with Crippen LogP contribution in [-0.2, 0) is 34.0 Å². The van der Waals surface area contributed by atoms with Gasteiger partial charge in [-0.15, -0.1) is 0 Å². The second-order valence-corrected chi connectivity index (χ2v) is 8.87. The lowest BCUT2D eigenvalue weighted by Gasteiger charge is -2.24. The van der Waals surface area contributed by atoms with Gasteiger partial charge in [0.2, 0.25) is 10.0 Å². The number of aromatic nitrogens is 2. The molecule has 1 aromatic carbocycles. The lowest BCUT2D eigenvalue weighted by Crippen LogP contribution is -2.31. The van der Waals surface area contributed by atoms with Crippen LogP contribution in [-0.4, -0.2) is 29.3 Å². The predicted molar refractivity (Wildman–Crippen MR) is 95.0 cm³/mol. The summed E-state index contributed by atoms with van der Waals surface area (Å²) in [6, 6.07) is 1.99. The number of carboxylic acid groups (broad SMARTS) is 1. The van der Waals surface area contributed by atoms with Crippen LogP contribution in [0.1, 0.15) is 35.7 Å². The zero-order valence-electron chi connectivity index (χ0n) is 14.2. The van der Waals surface area contributed by atoms with Gasteiger partial charge in [-0.2, -0.15) is 18.3 Å². The number of alkyl halides is 3. The highest BCUT2D eigenvalue weighted by molar-refractivity contribution is 9.10. The molecule has 1 aliphatic carbocycles. The van der Waals surface area contributed by atoms with Crippen molar-refractivity contribution in [1.29, 1.82) is 0 Å². The van der Waals surface area contributed by atoms with Crippen molar-refractivity contribution in [2.24, 2.45) is 0 Å². The number of fused-ring (bicyclic) bond motifs is 1. The molecule has 0 aliphatic heterocycles. The molecule has 0 spiro atoms. The lowest BCUT2D eigenvalue weighted by molar-refractivity contribution is -0.139. The van der Waals surface area contributed by atoms with Crippen molar-refractivity contribution >= 4 is 31.9 Å². The minimum absolute atomic E-state index is 0.256. The van der Waals surface area contributed by atoms with Crippen molar-refractivity contribution in [2.75, 3.05) is 0 Å². The Bertz CT molecular complexity index is 1020. The number of halogens is 4. The van der Waals surface area contributed by atoms with Gasteiger partial charge in [-0.05, 0) is 37.5 Å². The number of carbonyl (C=O) groups is 1. The van der Waals surface area contributed by atoms with Crippen LogP contribution < -0.4 is 4.72 Å². The molecule has 0 saturated carbocycles. The third kappa shape index (κ3) is 4.23. The zero-order chi connectivity index (χ0) is 20.7. The van der Waals surface area contributed by atoms with Crippen LogP contribution in [0.25, 0.3) is 0 Å². The molecule has 1 unspecified atom stereocenters. The molecule has 1 aromatic heterocycles. The van der Waals surface area contributed by atoms with Crippen molar-refractivity contribution in [3.05, 3.63) is 45.7 Å². The molecule has 152 valence electrons. The van der Waals surface area contributed by atoms with Gasteiger partial charge in [0, 0.05) is 15.7 Å². The van der Waals surface area contributed by atoms with E-state index in [1.807, 2.05) is 0 Å². The summed E-state index contributed by atoms with van der Waals surface area (Å²) in [5.41, 5.74) is 0.0476. The van der Waals surface area contributed by atoms with Gasteiger partial charge < -0.3 is 5.11 Å². The van der Waals surface area contributed by atoms with Gasteiger partial charge in [0.1, 0.15) is 6.54 Å². The highest BCUT2D eigenvalue weighted by Gasteiger charge is 2.35. The number of hydrogen-bond donors (Lipinski definition) is 2. The summed E-state index contributed by atoms with van der Waals surface area (Å²) in [7, 11) is -4.24. The first-order chi connectivity index (χ1) is 13.0. The predicted octanol–water partition coefficient (Wildman–Crippen LogP) is 3.10. The Morgan fingerprint density at radius 2 is 2.11 bits per heavy atom. The molecule has 7 nitrogen and oxygen atoms in total. The fourth-order valence-corrected chi connectivity index (χ4v) is 4.90. The van der Waals surface area contributed by atoms with Crippen LogP contribution in [0.4, 0.5) is 13.2 Å². The average molecular weight is 482 g/mol. The Morgan fingerprint density at radius 3 is 2.75 bits per heavy atom. The fourth-order valence-electron chi connectivity index (χ4n) is 3.15. The summed E-state index contributed by atoms with van der Waals surface area (Å²) in [6.07, 6.45) is -1.77. The molecule has 0 saturated heterocycles. The molecular formula is C16H15BrF3N3O4S. The van der Waals surface area contributed by atoms with Gasteiger partial charge in [-0.1, -0.05) is 15.9 Å². The van der Waals surface area contributed by atoms with Crippen LogP contribution in [0.15, 0.2) is 33.8 Å². The number of hydrogen-bond acceptors (Lipinski definition) is 4. The van der Waals surface area contributed by atoms with Crippen molar-refractivity contribution < 1.29 is 31.5 Å². The summed E-state index contributed by atoms with van der Waals surface area (Å²) in [4.78, 5) is 10.4. The molecule has 1 aliphatic rings. The van der Waals surface area contributed by atoms with Crippen LogP contribution in [0, 0.1) is 0 Å². The molecular weight excluding hydrogens is 467 g/mol. The standard InChI is InChI=1S/C16H15BrF3N3O4S/c17-12-5-4-9(6-11(12)16(18,19)20)28(26,27)22-13-2-1-3-14-10(13)7-21-23(14)8-15(24)25/h4-7,13,22H,1-3,8H2,(H,24,25). The Labute approximate surface area is 166 Å². The van der Waals surface area contributed by atoms with E-state index >= 15 is 0 Å². The molecule has 2 N–H and O–H groups in total. The largest absolute Gasteiger partial charge is 0.480 e. The summed E-state index contributed by atoms with van der Waals surface area (Å²) in [6.45, 7) is -0.351. The van der Waals surface area contributed by atoms with Gasteiger partial charge in [0.25, 0.3) is 0 Å². The lowest BCUT2D eigenvalue weighted by atomic mass is 9.94. The number of rotatable bonds is 5. The smallest absolute Gasteiger partial charge is 0.417 e. The first kappa shape index (κ1) is 20.8. The number of benzene rings is 1. The molecule has 1 atom stereocenters. The number of nitrogens with one attached hydrogen (secondary N) is 1. The van der Waals surface area contributed by atoms with E-state index in [-0.39, 0.29) is 11.0 Å². The normalized spacial score (nSPS) is 17.4. The minimum Gasteiger partial charge on any atom is -0.480 e.